The molecule has 0 aromatic heterocycles. The number of fused-ring (bicyclic) bond motifs is 2. The highest BCUT2D eigenvalue weighted by atomic mass is 79.9. The number of alkyl halides is 1. The maximum absolute atomic E-state index is 6.05. The quantitative estimate of drug-likeness (QED) is 0.772. The summed E-state index contributed by atoms with van der Waals surface area (Å²) in [6, 6.07) is 14.3. The molecule has 0 spiro atoms. The van der Waals surface area contributed by atoms with Gasteiger partial charge in [0.1, 0.15) is 25.1 Å². The smallest absolute Gasteiger partial charge is 0.161 e. The van der Waals surface area contributed by atoms with E-state index in [1.165, 1.54) is 5.56 Å². The predicted octanol–water partition coefficient (Wildman–Crippen LogP) is 3.90. The number of halogens is 1. The number of hydrogen-bond acceptors (Lipinski definition) is 3. The first-order chi connectivity index (χ1) is 10.3. The van der Waals surface area contributed by atoms with Gasteiger partial charge in [0.2, 0.25) is 0 Å². The van der Waals surface area contributed by atoms with Gasteiger partial charge in [-0.2, -0.15) is 0 Å². The lowest BCUT2D eigenvalue weighted by Gasteiger charge is -2.22. The normalized spacial score (nSPS) is 20.5. The molecule has 21 heavy (non-hydrogen) atoms. The molecule has 2 aliphatic rings. The molecule has 0 bridgehead atoms. The van der Waals surface area contributed by atoms with Crippen LogP contribution in [0, 0.1) is 0 Å². The molecule has 0 saturated heterocycles. The summed E-state index contributed by atoms with van der Waals surface area (Å²) in [5, 5.41) is 0. The van der Waals surface area contributed by atoms with Crippen LogP contribution in [0.25, 0.3) is 0 Å². The molecule has 2 aromatic carbocycles. The van der Waals surface area contributed by atoms with Crippen molar-refractivity contribution in [2.24, 2.45) is 0 Å². The van der Waals surface area contributed by atoms with E-state index in [0.29, 0.717) is 13.2 Å². The molecule has 0 radical (unpaired) electrons. The number of benzene rings is 2. The molecular weight excluding hydrogens is 332 g/mol. The fourth-order valence-corrected chi connectivity index (χ4v) is 3.40. The molecule has 108 valence electrons. The van der Waals surface area contributed by atoms with Crippen LogP contribution in [0.5, 0.6) is 17.2 Å². The molecule has 2 atom stereocenters. The third-order valence-electron chi connectivity index (χ3n) is 3.88. The van der Waals surface area contributed by atoms with Gasteiger partial charge in [0.15, 0.2) is 11.5 Å². The summed E-state index contributed by atoms with van der Waals surface area (Å²) in [6.45, 7) is 1.22. The average Bonchev–Trinajstić information content (AvgIpc) is 2.97. The Hall–Kier alpha value is -1.68. The van der Waals surface area contributed by atoms with Gasteiger partial charge in [-0.1, -0.05) is 40.2 Å². The second kappa shape index (κ2) is 5.26. The van der Waals surface area contributed by atoms with Crippen molar-refractivity contribution in [2.45, 2.75) is 17.4 Å². The SMILES string of the molecule is BrC(c1ccc2c(c1)OCCO2)C1Cc2ccccc2O1. The Morgan fingerprint density at radius 3 is 2.62 bits per heavy atom. The fraction of sp³-hybridized carbons (Fsp3) is 0.294. The van der Waals surface area contributed by atoms with Crippen LogP contribution in [0.1, 0.15) is 16.0 Å². The van der Waals surface area contributed by atoms with Gasteiger partial charge in [0, 0.05) is 6.42 Å². The second-order valence-electron chi connectivity index (χ2n) is 5.27. The van der Waals surface area contributed by atoms with E-state index in [2.05, 4.69) is 34.1 Å². The molecular formula is C17H15BrO3. The maximum Gasteiger partial charge on any atom is 0.161 e. The Kier molecular flexibility index (Phi) is 3.26. The third-order valence-corrected chi connectivity index (χ3v) is 5.00. The van der Waals surface area contributed by atoms with Crippen molar-refractivity contribution in [3.05, 3.63) is 53.6 Å². The van der Waals surface area contributed by atoms with E-state index in [4.69, 9.17) is 14.2 Å². The molecule has 2 heterocycles. The van der Waals surface area contributed by atoms with Crippen molar-refractivity contribution < 1.29 is 14.2 Å². The molecule has 2 aromatic rings. The van der Waals surface area contributed by atoms with Crippen LogP contribution in [0.2, 0.25) is 0 Å². The van der Waals surface area contributed by atoms with Gasteiger partial charge in [0.05, 0.1) is 4.83 Å². The Bertz CT molecular complexity index is 646. The monoisotopic (exact) mass is 346 g/mol. The number of ether oxygens (including phenoxy) is 3. The van der Waals surface area contributed by atoms with Gasteiger partial charge in [-0.05, 0) is 29.3 Å². The van der Waals surface area contributed by atoms with Crippen LogP contribution in [-0.2, 0) is 6.42 Å². The molecule has 0 aliphatic carbocycles. The average molecular weight is 347 g/mol. The summed E-state index contributed by atoms with van der Waals surface area (Å²) in [5.74, 6) is 2.63. The molecule has 3 nitrogen and oxygen atoms in total. The number of rotatable bonds is 2. The molecule has 0 amide bonds. The van der Waals surface area contributed by atoms with Crippen LogP contribution in [0.15, 0.2) is 42.5 Å². The highest BCUT2D eigenvalue weighted by Crippen LogP contribution is 2.41. The molecule has 4 heteroatoms. The first-order valence-electron chi connectivity index (χ1n) is 7.09. The van der Waals surface area contributed by atoms with Gasteiger partial charge in [-0.15, -0.1) is 0 Å². The maximum atomic E-state index is 6.05. The first kappa shape index (κ1) is 13.0. The summed E-state index contributed by atoms with van der Waals surface area (Å²) >= 11 is 3.78. The van der Waals surface area contributed by atoms with Crippen LogP contribution in [0.3, 0.4) is 0 Å². The molecule has 2 aliphatic heterocycles. The largest absolute Gasteiger partial charge is 0.488 e. The van der Waals surface area contributed by atoms with Crippen LogP contribution >= 0.6 is 15.9 Å². The van der Waals surface area contributed by atoms with Gasteiger partial charge in [-0.3, -0.25) is 0 Å². The van der Waals surface area contributed by atoms with E-state index in [1.54, 1.807) is 0 Å². The lowest BCUT2D eigenvalue weighted by molar-refractivity contribution is 0.171. The molecule has 0 N–H and O–H groups in total. The number of para-hydroxylation sites is 1. The fourth-order valence-electron chi connectivity index (χ4n) is 2.82. The van der Waals surface area contributed by atoms with Crippen molar-refractivity contribution in [2.75, 3.05) is 13.2 Å². The van der Waals surface area contributed by atoms with Crippen molar-refractivity contribution in [3.63, 3.8) is 0 Å². The molecule has 0 fully saturated rings. The van der Waals surface area contributed by atoms with E-state index in [1.807, 2.05) is 24.3 Å². The summed E-state index contributed by atoms with van der Waals surface area (Å²) < 4.78 is 17.3. The van der Waals surface area contributed by atoms with E-state index in [-0.39, 0.29) is 10.9 Å². The second-order valence-corrected chi connectivity index (χ2v) is 6.26. The molecule has 2 unspecified atom stereocenters. The Morgan fingerprint density at radius 1 is 0.952 bits per heavy atom. The lowest BCUT2D eigenvalue weighted by atomic mass is 10.0. The molecule has 4 rings (SSSR count). The van der Waals surface area contributed by atoms with Crippen molar-refractivity contribution >= 4 is 15.9 Å². The summed E-state index contributed by atoms with van der Waals surface area (Å²) in [5.41, 5.74) is 2.42. The summed E-state index contributed by atoms with van der Waals surface area (Å²) in [4.78, 5) is 0.126. The Labute approximate surface area is 132 Å². The van der Waals surface area contributed by atoms with Crippen molar-refractivity contribution in [3.8, 4) is 17.2 Å². The molecule has 0 saturated carbocycles. The minimum atomic E-state index is 0.102. The zero-order valence-electron chi connectivity index (χ0n) is 11.4. The van der Waals surface area contributed by atoms with Gasteiger partial charge < -0.3 is 14.2 Å². The topological polar surface area (TPSA) is 27.7 Å². The van der Waals surface area contributed by atoms with E-state index in [9.17, 15) is 0 Å². The number of hydrogen-bond donors (Lipinski definition) is 0. The Balaban J connectivity index is 1.57. The van der Waals surface area contributed by atoms with E-state index >= 15 is 0 Å². The van der Waals surface area contributed by atoms with Gasteiger partial charge in [-0.25, -0.2) is 0 Å². The van der Waals surface area contributed by atoms with Crippen molar-refractivity contribution in [1.29, 1.82) is 0 Å². The highest BCUT2D eigenvalue weighted by Gasteiger charge is 2.30. The van der Waals surface area contributed by atoms with Crippen LogP contribution in [0.4, 0.5) is 0 Å². The minimum Gasteiger partial charge on any atom is -0.488 e. The van der Waals surface area contributed by atoms with Crippen LogP contribution in [-0.4, -0.2) is 19.3 Å². The predicted molar refractivity (Wildman–Crippen MR) is 83.7 cm³/mol. The third kappa shape index (κ3) is 2.38. The zero-order valence-corrected chi connectivity index (χ0v) is 13.0. The van der Waals surface area contributed by atoms with Gasteiger partial charge in [0.25, 0.3) is 0 Å². The van der Waals surface area contributed by atoms with E-state index < -0.39 is 0 Å². The summed E-state index contributed by atoms with van der Waals surface area (Å²) in [7, 11) is 0. The zero-order chi connectivity index (χ0) is 14.2. The van der Waals surface area contributed by atoms with Crippen LogP contribution < -0.4 is 14.2 Å². The van der Waals surface area contributed by atoms with Crippen molar-refractivity contribution in [1.82, 2.24) is 0 Å². The summed E-state index contributed by atoms with van der Waals surface area (Å²) in [6.07, 6.45) is 1.02. The lowest BCUT2D eigenvalue weighted by Crippen LogP contribution is -2.20. The van der Waals surface area contributed by atoms with E-state index in [0.717, 1.165) is 29.2 Å². The Morgan fingerprint density at radius 2 is 1.76 bits per heavy atom. The van der Waals surface area contributed by atoms with Gasteiger partial charge >= 0.3 is 0 Å². The minimum absolute atomic E-state index is 0.102. The first-order valence-corrected chi connectivity index (χ1v) is 8.01. The standard InChI is InChI=1S/C17H15BrO3/c18-17(16-9-11-3-1-2-4-13(11)21-16)12-5-6-14-15(10-12)20-8-7-19-14/h1-6,10,16-17H,7-9H2. The highest BCUT2D eigenvalue weighted by molar-refractivity contribution is 9.09.